The van der Waals surface area contributed by atoms with E-state index in [0.29, 0.717) is 0 Å². The van der Waals surface area contributed by atoms with E-state index in [9.17, 15) is 28.8 Å². The molecule has 2 amide bonds. The fraction of sp³-hybridized carbons (Fsp3) is 0.500. The van der Waals surface area contributed by atoms with Crippen LogP contribution in [0.5, 0.6) is 0 Å². The van der Waals surface area contributed by atoms with Gasteiger partial charge in [-0.25, -0.2) is 4.79 Å². The Hall–Kier alpha value is -4.20. The first-order chi connectivity index (χ1) is 18.0. The lowest BCUT2D eigenvalue weighted by atomic mass is 9.96. The molecule has 1 aromatic carbocycles. The summed E-state index contributed by atoms with van der Waals surface area (Å²) < 4.78 is 31.4. The Labute approximate surface area is 218 Å². The van der Waals surface area contributed by atoms with E-state index >= 15 is 0 Å². The molecule has 0 unspecified atom stereocenters. The van der Waals surface area contributed by atoms with Crippen molar-refractivity contribution < 1.29 is 57.2 Å². The molecule has 1 saturated heterocycles. The van der Waals surface area contributed by atoms with Crippen LogP contribution in [-0.4, -0.2) is 79.7 Å². The van der Waals surface area contributed by atoms with Crippen LogP contribution >= 0.6 is 0 Å². The molecule has 1 aromatic rings. The first-order valence-electron chi connectivity index (χ1n) is 11.5. The molecular weight excluding hydrogens is 508 g/mol. The highest BCUT2D eigenvalue weighted by Gasteiger charge is 2.52. The van der Waals surface area contributed by atoms with Crippen LogP contribution in [0.4, 0.5) is 4.79 Å². The number of hydrogen-bond donors (Lipinski definition) is 2. The van der Waals surface area contributed by atoms with Crippen LogP contribution in [0.25, 0.3) is 0 Å². The summed E-state index contributed by atoms with van der Waals surface area (Å²) >= 11 is 0. The van der Waals surface area contributed by atoms with Crippen molar-refractivity contribution in [2.45, 2.75) is 64.9 Å². The van der Waals surface area contributed by atoms with Crippen molar-refractivity contribution >= 4 is 35.9 Å². The zero-order chi connectivity index (χ0) is 28.2. The van der Waals surface area contributed by atoms with Crippen LogP contribution < -0.4 is 10.6 Å². The second-order valence-corrected chi connectivity index (χ2v) is 8.11. The molecule has 1 aliphatic rings. The summed E-state index contributed by atoms with van der Waals surface area (Å²) in [5.41, 5.74) is 0.736. The van der Waals surface area contributed by atoms with Gasteiger partial charge in [0.15, 0.2) is 12.2 Å². The third kappa shape index (κ3) is 10.0. The number of esters is 4. The van der Waals surface area contributed by atoms with E-state index in [1.807, 2.05) is 0 Å². The third-order valence-corrected chi connectivity index (χ3v) is 4.92. The summed E-state index contributed by atoms with van der Waals surface area (Å²) in [6.45, 7) is 3.33. The first-order valence-corrected chi connectivity index (χ1v) is 11.5. The van der Waals surface area contributed by atoms with Gasteiger partial charge in [0, 0.05) is 27.7 Å². The maximum absolute atomic E-state index is 12.7. The minimum absolute atomic E-state index is 0.0262. The predicted molar refractivity (Wildman–Crippen MR) is 125 cm³/mol. The molecule has 1 fully saturated rings. The number of carbonyl (C=O) groups excluding carboxylic acids is 6. The van der Waals surface area contributed by atoms with Gasteiger partial charge in [0.05, 0.1) is 0 Å². The maximum Gasteiger partial charge on any atom is 0.407 e. The van der Waals surface area contributed by atoms with Crippen LogP contribution in [0.15, 0.2) is 30.3 Å². The molecule has 1 heterocycles. The number of carbonyl (C=O) groups is 6. The van der Waals surface area contributed by atoms with Gasteiger partial charge < -0.3 is 39.1 Å². The molecule has 0 aliphatic carbocycles. The first kappa shape index (κ1) is 30.0. The minimum Gasteiger partial charge on any atom is -0.463 e. The zero-order valence-electron chi connectivity index (χ0n) is 21.3. The quantitative estimate of drug-likeness (QED) is 0.303. The molecule has 0 spiro atoms. The minimum atomic E-state index is -1.54. The lowest BCUT2D eigenvalue weighted by Gasteiger charge is -2.44. The van der Waals surface area contributed by atoms with Gasteiger partial charge in [-0.3, -0.25) is 24.0 Å². The molecular formula is C24H30N2O12. The zero-order valence-corrected chi connectivity index (χ0v) is 21.3. The highest BCUT2D eigenvalue weighted by Crippen LogP contribution is 2.28. The summed E-state index contributed by atoms with van der Waals surface area (Å²) in [5.74, 6) is -3.89. The second-order valence-electron chi connectivity index (χ2n) is 8.11. The van der Waals surface area contributed by atoms with Gasteiger partial charge in [-0.15, -0.1) is 0 Å². The number of rotatable bonds is 10. The monoisotopic (exact) mass is 538 g/mol. The Morgan fingerprint density at radius 2 is 1.39 bits per heavy atom. The van der Waals surface area contributed by atoms with Crippen molar-refractivity contribution in [3.05, 3.63) is 35.9 Å². The van der Waals surface area contributed by atoms with Gasteiger partial charge in [0.25, 0.3) is 0 Å². The van der Waals surface area contributed by atoms with Gasteiger partial charge in [0.1, 0.15) is 31.9 Å². The van der Waals surface area contributed by atoms with Crippen molar-refractivity contribution in [1.82, 2.24) is 10.6 Å². The van der Waals surface area contributed by atoms with Gasteiger partial charge in [0.2, 0.25) is 12.2 Å². The van der Waals surface area contributed by atoms with Gasteiger partial charge >= 0.3 is 30.0 Å². The Balaban J connectivity index is 2.17. The lowest BCUT2D eigenvalue weighted by molar-refractivity contribution is -0.271. The smallest absolute Gasteiger partial charge is 0.407 e. The second kappa shape index (κ2) is 14.5. The number of hydrogen-bond acceptors (Lipinski definition) is 12. The average Bonchev–Trinajstić information content (AvgIpc) is 2.83. The van der Waals surface area contributed by atoms with Crippen molar-refractivity contribution in [2.75, 3.05) is 13.2 Å². The molecule has 0 bridgehead atoms. The van der Waals surface area contributed by atoms with Crippen LogP contribution in [-0.2, 0) is 59.0 Å². The van der Waals surface area contributed by atoms with E-state index in [1.54, 1.807) is 30.3 Å². The van der Waals surface area contributed by atoms with Crippen molar-refractivity contribution in [3.63, 3.8) is 0 Å². The van der Waals surface area contributed by atoms with Gasteiger partial charge in [-0.1, -0.05) is 30.3 Å². The summed E-state index contributed by atoms with van der Waals surface area (Å²) in [7, 11) is 0. The summed E-state index contributed by atoms with van der Waals surface area (Å²) in [6.07, 6.45) is -6.44. The molecule has 14 heteroatoms. The van der Waals surface area contributed by atoms with E-state index < -0.39 is 79.7 Å². The summed E-state index contributed by atoms with van der Waals surface area (Å²) in [5, 5.41) is 4.73. The van der Waals surface area contributed by atoms with Gasteiger partial charge in [-0.05, 0) is 5.56 Å². The predicted octanol–water partition coefficient (Wildman–Crippen LogP) is 0.112. The SMILES string of the molecule is CC(=O)OC[C@@H]1O[C@@H](OC(C)=O)[C@@H](NC(=O)CNC(=O)OCc2ccccc2)[C@@H](OC(C)=O)[C@H]1OC(C)=O. The highest BCUT2D eigenvalue weighted by atomic mass is 16.7. The number of alkyl carbamates (subject to hydrolysis) is 1. The van der Waals surface area contributed by atoms with E-state index in [2.05, 4.69) is 10.6 Å². The molecule has 2 N–H and O–H groups in total. The number of nitrogens with one attached hydrogen (secondary N) is 2. The number of benzene rings is 1. The van der Waals surface area contributed by atoms with Crippen LogP contribution in [0.2, 0.25) is 0 Å². The van der Waals surface area contributed by atoms with Crippen LogP contribution in [0, 0.1) is 0 Å². The Kier molecular flexibility index (Phi) is 11.5. The average molecular weight is 539 g/mol. The summed E-state index contributed by atoms with van der Waals surface area (Å²) in [4.78, 5) is 71.5. The summed E-state index contributed by atoms with van der Waals surface area (Å²) in [6, 6.07) is 7.48. The van der Waals surface area contributed by atoms with E-state index in [4.69, 9.17) is 28.4 Å². The number of ether oxygens (including phenoxy) is 6. The number of amides is 2. The van der Waals surface area contributed by atoms with Gasteiger partial charge in [-0.2, -0.15) is 0 Å². The lowest BCUT2D eigenvalue weighted by Crippen LogP contribution is -2.67. The molecule has 0 radical (unpaired) electrons. The fourth-order valence-electron chi connectivity index (χ4n) is 3.48. The Morgan fingerprint density at radius 1 is 0.789 bits per heavy atom. The van der Waals surface area contributed by atoms with Crippen molar-refractivity contribution in [2.24, 2.45) is 0 Å². The maximum atomic E-state index is 12.7. The van der Waals surface area contributed by atoms with Crippen molar-refractivity contribution in [3.8, 4) is 0 Å². The van der Waals surface area contributed by atoms with E-state index in [1.165, 1.54) is 0 Å². The topological polar surface area (TPSA) is 182 Å². The third-order valence-electron chi connectivity index (χ3n) is 4.92. The van der Waals surface area contributed by atoms with E-state index in [0.717, 1.165) is 33.3 Å². The van der Waals surface area contributed by atoms with Crippen LogP contribution in [0.3, 0.4) is 0 Å². The normalized spacial score (nSPS) is 22.3. The molecule has 1 aliphatic heterocycles. The largest absolute Gasteiger partial charge is 0.463 e. The molecule has 0 aromatic heterocycles. The molecule has 0 saturated carbocycles. The molecule has 208 valence electrons. The molecule has 14 nitrogen and oxygen atoms in total. The standard InChI is InChI=1S/C24H30N2O12/c1-13(27)33-12-18-21(35-14(2)28)22(36-15(3)29)20(23(38-18)37-16(4)30)26-19(31)10-25-24(32)34-11-17-8-6-5-7-9-17/h5-9,18,20-23H,10-12H2,1-4H3,(H,25,32)(H,26,31)/t18-,20-,21-,22+,23+/m0/s1. The Morgan fingerprint density at radius 3 is 1.97 bits per heavy atom. The molecule has 38 heavy (non-hydrogen) atoms. The Bertz CT molecular complexity index is 1010. The van der Waals surface area contributed by atoms with E-state index in [-0.39, 0.29) is 6.61 Å². The van der Waals surface area contributed by atoms with Crippen LogP contribution in [0.1, 0.15) is 33.3 Å². The highest BCUT2D eigenvalue weighted by molar-refractivity contribution is 5.82. The molecule has 2 rings (SSSR count). The van der Waals surface area contributed by atoms with Crippen molar-refractivity contribution in [1.29, 1.82) is 0 Å². The fourth-order valence-corrected chi connectivity index (χ4v) is 3.48. The molecule has 5 atom stereocenters.